The third kappa shape index (κ3) is 3.67. The van der Waals surface area contributed by atoms with Crippen molar-refractivity contribution < 1.29 is 26.4 Å². The molecule has 0 radical (unpaired) electrons. The molecule has 0 fully saturated rings. The molecule has 11 heteroatoms. The molecule has 0 aliphatic carbocycles. The van der Waals surface area contributed by atoms with Gasteiger partial charge in [0, 0.05) is 12.6 Å². The topological polar surface area (TPSA) is 88.5 Å². The average Bonchev–Trinajstić information content (AvgIpc) is 3.04. The summed E-state index contributed by atoms with van der Waals surface area (Å²) < 4.78 is 59.8. The summed E-state index contributed by atoms with van der Waals surface area (Å²) in [6.45, 7) is 0. The molecule has 21 heavy (non-hydrogen) atoms. The molecule has 1 amide bonds. The van der Waals surface area contributed by atoms with E-state index in [4.69, 9.17) is 0 Å². The van der Waals surface area contributed by atoms with Gasteiger partial charge < -0.3 is 0 Å². The average molecular weight is 339 g/mol. The van der Waals surface area contributed by atoms with E-state index in [1.807, 2.05) is 0 Å². The molecule has 1 aliphatic heterocycles. The molecule has 2 heterocycles. The van der Waals surface area contributed by atoms with Crippen LogP contribution in [0.3, 0.4) is 0 Å². The highest BCUT2D eigenvalue weighted by Gasteiger charge is 2.24. The number of nitrogens with zero attached hydrogens (tertiary/aromatic N) is 2. The van der Waals surface area contributed by atoms with Gasteiger partial charge in [0.15, 0.2) is 5.83 Å². The van der Waals surface area contributed by atoms with Gasteiger partial charge in [-0.3, -0.25) is 4.79 Å². The number of allylic oxidation sites excluding steroid dienone is 1. The lowest BCUT2D eigenvalue weighted by Crippen LogP contribution is -2.09. The predicted octanol–water partition coefficient (Wildman–Crippen LogP) is 1.61. The Bertz CT molecular complexity index is 736. The molecular formula is C10H8F3N3O3S2. The fourth-order valence-corrected chi connectivity index (χ4v) is 3.94. The van der Waals surface area contributed by atoms with Crippen LogP contribution in [0, 0.1) is 0 Å². The van der Waals surface area contributed by atoms with Gasteiger partial charge in [-0.05, 0) is 0 Å². The van der Waals surface area contributed by atoms with Crippen LogP contribution in [0.25, 0.3) is 0 Å². The van der Waals surface area contributed by atoms with Gasteiger partial charge >= 0.3 is 6.08 Å². The van der Waals surface area contributed by atoms with Crippen LogP contribution in [0.15, 0.2) is 27.5 Å². The van der Waals surface area contributed by atoms with Gasteiger partial charge in [-0.25, -0.2) is 23.2 Å². The first-order chi connectivity index (χ1) is 9.79. The first-order valence-corrected chi connectivity index (χ1v) is 8.00. The van der Waals surface area contributed by atoms with Crippen LogP contribution in [0.2, 0.25) is 0 Å². The number of nitrogens with one attached hydrogen (secondary N) is 1. The molecule has 0 unspecified atom stereocenters. The minimum atomic E-state index is -3.97. The largest absolute Gasteiger partial charge is 0.301 e. The summed E-state index contributed by atoms with van der Waals surface area (Å²) in [6.07, 6.45) is -2.22. The summed E-state index contributed by atoms with van der Waals surface area (Å²) in [7, 11) is -3.97. The van der Waals surface area contributed by atoms with E-state index in [0.29, 0.717) is 10.6 Å². The van der Waals surface area contributed by atoms with E-state index in [1.165, 1.54) is 6.20 Å². The Morgan fingerprint density at radius 3 is 2.67 bits per heavy atom. The number of sulfone groups is 1. The van der Waals surface area contributed by atoms with Crippen molar-refractivity contribution in [1.82, 2.24) is 10.4 Å². The summed E-state index contributed by atoms with van der Waals surface area (Å²) in [5.74, 6) is -2.90. The Morgan fingerprint density at radius 2 is 2.10 bits per heavy atom. The second-order valence-corrected chi connectivity index (χ2v) is 7.31. The van der Waals surface area contributed by atoms with E-state index < -0.39 is 33.9 Å². The van der Waals surface area contributed by atoms with Crippen LogP contribution in [0.1, 0.15) is 17.7 Å². The normalized spacial score (nSPS) is 14.8. The number of rotatable bonds is 5. The van der Waals surface area contributed by atoms with Gasteiger partial charge in [0.1, 0.15) is 0 Å². The van der Waals surface area contributed by atoms with E-state index in [0.717, 1.165) is 11.3 Å². The van der Waals surface area contributed by atoms with Gasteiger partial charge in [0.2, 0.25) is 20.1 Å². The van der Waals surface area contributed by atoms with Crippen molar-refractivity contribution in [2.75, 3.05) is 5.75 Å². The quantitative estimate of drug-likeness (QED) is 0.883. The summed E-state index contributed by atoms with van der Waals surface area (Å²) >= 11 is 0.751. The van der Waals surface area contributed by atoms with Gasteiger partial charge in [0.25, 0.3) is 0 Å². The summed E-state index contributed by atoms with van der Waals surface area (Å²) in [5.41, 5.74) is 2.56. The lowest BCUT2D eigenvalue weighted by atomic mass is 10.2. The van der Waals surface area contributed by atoms with Crippen molar-refractivity contribution in [2.45, 2.75) is 17.2 Å². The van der Waals surface area contributed by atoms with E-state index in [2.05, 4.69) is 15.5 Å². The summed E-state index contributed by atoms with van der Waals surface area (Å²) in [6, 6.07) is 0. The molecule has 0 atom stereocenters. The van der Waals surface area contributed by atoms with Crippen molar-refractivity contribution in [1.29, 1.82) is 0 Å². The van der Waals surface area contributed by atoms with Crippen LogP contribution in [0.4, 0.5) is 13.2 Å². The minimum absolute atomic E-state index is 0.00606. The molecule has 6 nitrogen and oxygen atoms in total. The maximum absolute atomic E-state index is 12.6. The van der Waals surface area contributed by atoms with Gasteiger partial charge in [-0.1, -0.05) is 0 Å². The number of carbonyl (C=O) groups is 1. The fraction of sp³-hybridized carbons (Fsp3) is 0.300. The Labute approximate surface area is 121 Å². The zero-order valence-corrected chi connectivity index (χ0v) is 11.9. The van der Waals surface area contributed by atoms with Gasteiger partial charge in [-0.15, -0.1) is 11.3 Å². The second kappa shape index (κ2) is 5.93. The smallest absolute Gasteiger partial charge is 0.273 e. The van der Waals surface area contributed by atoms with E-state index in [1.54, 1.807) is 0 Å². The molecule has 0 aromatic carbocycles. The summed E-state index contributed by atoms with van der Waals surface area (Å²) in [5, 5.41) is 3.71. The van der Waals surface area contributed by atoms with Crippen molar-refractivity contribution in [3.63, 3.8) is 0 Å². The highest BCUT2D eigenvalue weighted by molar-refractivity contribution is 7.93. The number of amides is 1. The number of thiazole rings is 1. The minimum Gasteiger partial charge on any atom is -0.273 e. The van der Waals surface area contributed by atoms with Crippen LogP contribution < -0.4 is 5.43 Å². The Hall–Kier alpha value is -1.75. The molecule has 0 spiro atoms. The van der Waals surface area contributed by atoms with E-state index in [9.17, 15) is 26.4 Å². The number of aromatic nitrogens is 1. The maximum atomic E-state index is 12.6. The maximum Gasteiger partial charge on any atom is 0.301 e. The first kappa shape index (κ1) is 15.6. The van der Waals surface area contributed by atoms with Crippen molar-refractivity contribution in [3.8, 4) is 0 Å². The number of halogens is 3. The zero-order valence-electron chi connectivity index (χ0n) is 10.3. The first-order valence-electron chi connectivity index (χ1n) is 5.53. The highest BCUT2D eigenvalue weighted by Crippen LogP contribution is 2.24. The van der Waals surface area contributed by atoms with Crippen molar-refractivity contribution in [3.05, 3.63) is 23.0 Å². The SMILES string of the molecule is O=C1CC(c2cnc(S(=O)(=O)CCC(F)=C(F)F)s2)=NN1. The highest BCUT2D eigenvalue weighted by atomic mass is 32.2. The molecule has 0 bridgehead atoms. The van der Waals surface area contributed by atoms with Crippen LogP contribution in [-0.4, -0.2) is 30.8 Å². The van der Waals surface area contributed by atoms with Gasteiger partial charge in [0.05, 0.1) is 22.8 Å². The van der Waals surface area contributed by atoms with Gasteiger partial charge in [-0.2, -0.15) is 13.9 Å². The molecule has 2 rings (SSSR count). The lowest BCUT2D eigenvalue weighted by Gasteiger charge is -1.98. The Balaban J connectivity index is 2.13. The van der Waals surface area contributed by atoms with Crippen LogP contribution in [0.5, 0.6) is 0 Å². The van der Waals surface area contributed by atoms with Crippen molar-refractivity contribution >= 4 is 32.8 Å². The number of hydrogen-bond donors (Lipinski definition) is 1. The van der Waals surface area contributed by atoms with Crippen LogP contribution in [-0.2, 0) is 14.6 Å². The lowest BCUT2D eigenvalue weighted by molar-refractivity contribution is -0.119. The van der Waals surface area contributed by atoms with Crippen molar-refractivity contribution in [2.24, 2.45) is 5.10 Å². The third-order valence-electron chi connectivity index (χ3n) is 2.47. The molecule has 1 N–H and O–H groups in total. The number of hydrazone groups is 1. The molecule has 1 aromatic heterocycles. The standard InChI is InChI=1S/C10H8F3N3O3S2/c11-5(9(12)13)1-2-21(18,19)10-14-4-7(20-10)6-3-8(17)16-15-6/h4H,1-3H2,(H,16,17). The molecule has 1 aliphatic rings. The molecule has 1 aromatic rings. The molecule has 114 valence electrons. The van der Waals surface area contributed by atoms with E-state index in [-0.39, 0.29) is 16.7 Å². The second-order valence-electron chi connectivity index (χ2n) is 3.99. The van der Waals surface area contributed by atoms with Crippen LogP contribution >= 0.6 is 11.3 Å². The fourth-order valence-electron chi connectivity index (χ4n) is 1.44. The monoisotopic (exact) mass is 339 g/mol. The molecular weight excluding hydrogens is 331 g/mol. The zero-order chi connectivity index (χ0) is 15.6. The Kier molecular flexibility index (Phi) is 4.42. The molecule has 0 saturated carbocycles. The van der Waals surface area contributed by atoms with E-state index >= 15 is 0 Å². The predicted molar refractivity (Wildman–Crippen MR) is 68.4 cm³/mol. The number of hydrogen-bond acceptors (Lipinski definition) is 6. The third-order valence-corrected chi connectivity index (χ3v) is 5.71. The number of carbonyl (C=O) groups excluding carboxylic acids is 1. The Morgan fingerprint density at radius 1 is 1.38 bits per heavy atom. The molecule has 0 saturated heterocycles. The summed E-state index contributed by atoms with van der Waals surface area (Å²) in [4.78, 5) is 15.0.